The van der Waals surface area contributed by atoms with Crippen molar-refractivity contribution in [2.75, 3.05) is 13.2 Å². The van der Waals surface area contributed by atoms with Crippen molar-refractivity contribution < 1.29 is 14.6 Å². The maximum Gasteiger partial charge on any atom is 0.337 e. The molecule has 0 bridgehead atoms. The molecule has 2 rings (SSSR count). The molecule has 1 aliphatic heterocycles. The lowest BCUT2D eigenvalue weighted by Gasteiger charge is -2.24. The van der Waals surface area contributed by atoms with Gasteiger partial charge in [0.15, 0.2) is 0 Å². The highest BCUT2D eigenvalue weighted by Crippen LogP contribution is 2.22. The number of hydrogen-bond donors (Lipinski definition) is 1. The molecule has 1 aromatic heterocycles. The summed E-state index contributed by atoms with van der Waals surface area (Å²) in [5.74, 6) is -0.230. The average Bonchev–Trinajstić information content (AvgIpc) is 2.58. The Kier molecular flexibility index (Phi) is 3.52. The number of ether oxygens (including phenoxy) is 1. The summed E-state index contributed by atoms with van der Waals surface area (Å²) in [4.78, 5) is 11.0. The fourth-order valence-electron chi connectivity index (χ4n) is 2.49. The van der Waals surface area contributed by atoms with Crippen LogP contribution in [0.4, 0.5) is 0 Å². The topological polar surface area (TPSA) is 51.5 Å². The molecule has 1 aromatic rings. The van der Waals surface area contributed by atoms with E-state index in [0.717, 1.165) is 44.0 Å². The first-order chi connectivity index (χ1) is 8.09. The molecule has 1 aliphatic rings. The van der Waals surface area contributed by atoms with Gasteiger partial charge in [0.2, 0.25) is 0 Å². The van der Waals surface area contributed by atoms with Crippen LogP contribution in [0.2, 0.25) is 0 Å². The van der Waals surface area contributed by atoms with Crippen LogP contribution in [-0.2, 0) is 11.3 Å². The maximum atomic E-state index is 11.0. The molecule has 17 heavy (non-hydrogen) atoms. The Labute approximate surface area is 101 Å². The summed E-state index contributed by atoms with van der Waals surface area (Å²) in [5.41, 5.74) is 2.32. The van der Waals surface area contributed by atoms with Crippen molar-refractivity contribution in [2.24, 2.45) is 5.92 Å². The molecule has 0 atom stereocenters. The molecule has 0 saturated carbocycles. The van der Waals surface area contributed by atoms with E-state index in [0.29, 0.717) is 11.5 Å². The largest absolute Gasteiger partial charge is 0.478 e. The summed E-state index contributed by atoms with van der Waals surface area (Å²) in [6, 6.07) is 1.76. The normalized spacial score (nSPS) is 17.3. The van der Waals surface area contributed by atoms with Crippen molar-refractivity contribution in [1.29, 1.82) is 0 Å². The van der Waals surface area contributed by atoms with E-state index in [4.69, 9.17) is 9.84 Å². The van der Waals surface area contributed by atoms with Crippen molar-refractivity contribution in [1.82, 2.24) is 4.57 Å². The molecule has 0 radical (unpaired) electrons. The van der Waals surface area contributed by atoms with E-state index in [9.17, 15) is 4.79 Å². The first-order valence-electron chi connectivity index (χ1n) is 6.07. The van der Waals surface area contributed by atoms with Gasteiger partial charge in [-0.1, -0.05) is 0 Å². The fourth-order valence-corrected chi connectivity index (χ4v) is 2.49. The van der Waals surface area contributed by atoms with E-state index >= 15 is 0 Å². The molecule has 4 nitrogen and oxygen atoms in total. The highest BCUT2D eigenvalue weighted by Gasteiger charge is 2.19. The lowest BCUT2D eigenvalue weighted by Crippen LogP contribution is -2.21. The van der Waals surface area contributed by atoms with Crippen LogP contribution in [0.1, 0.15) is 34.6 Å². The Balaban J connectivity index is 2.17. The SMILES string of the molecule is Cc1cc(C(=O)O)c(C)n1CC1CCOCC1. The van der Waals surface area contributed by atoms with Gasteiger partial charge in [-0.05, 0) is 38.7 Å². The minimum atomic E-state index is -0.837. The molecule has 2 heterocycles. The quantitative estimate of drug-likeness (QED) is 0.877. The van der Waals surface area contributed by atoms with Crippen LogP contribution < -0.4 is 0 Å². The van der Waals surface area contributed by atoms with Gasteiger partial charge in [-0.2, -0.15) is 0 Å². The number of carboxylic acid groups (broad SMARTS) is 1. The molecule has 0 unspecified atom stereocenters. The van der Waals surface area contributed by atoms with Crippen LogP contribution in [0, 0.1) is 19.8 Å². The number of aromatic carboxylic acids is 1. The van der Waals surface area contributed by atoms with Crippen molar-refractivity contribution in [3.63, 3.8) is 0 Å². The van der Waals surface area contributed by atoms with Gasteiger partial charge in [0.05, 0.1) is 5.56 Å². The number of hydrogen-bond acceptors (Lipinski definition) is 2. The number of aryl methyl sites for hydroxylation is 1. The second-order valence-corrected chi connectivity index (χ2v) is 4.76. The van der Waals surface area contributed by atoms with Crippen LogP contribution >= 0.6 is 0 Å². The third-order valence-electron chi connectivity index (χ3n) is 3.59. The molecule has 0 spiro atoms. The molecule has 0 aromatic carbocycles. The zero-order chi connectivity index (χ0) is 12.4. The van der Waals surface area contributed by atoms with E-state index in [1.165, 1.54) is 0 Å². The first kappa shape index (κ1) is 12.2. The van der Waals surface area contributed by atoms with Gasteiger partial charge in [-0.25, -0.2) is 4.79 Å². The molecule has 4 heteroatoms. The second kappa shape index (κ2) is 4.92. The van der Waals surface area contributed by atoms with Crippen molar-refractivity contribution in [2.45, 2.75) is 33.2 Å². The third-order valence-corrected chi connectivity index (χ3v) is 3.59. The maximum absolute atomic E-state index is 11.0. The fraction of sp³-hybridized carbons (Fsp3) is 0.615. The summed E-state index contributed by atoms with van der Waals surface area (Å²) in [6.07, 6.45) is 2.14. The highest BCUT2D eigenvalue weighted by atomic mass is 16.5. The summed E-state index contributed by atoms with van der Waals surface area (Å²) in [7, 11) is 0. The van der Waals surface area contributed by atoms with Crippen LogP contribution in [0.3, 0.4) is 0 Å². The summed E-state index contributed by atoms with van der Waals surface area (Å²) in [5, 5.41) is 9.08. The van der Waals surface area contributed by atoms with Crippen LogP contribution in [0.5, 0.6) is 0 Å². The molecule has 0 aliphatic carbocycles. The monoisotopic (exact) mass is 237 g/mol. The lowest BCUT2D eigenvalue weighted by atomic mass is 10.0. The van der Waals surface area contributed by atoms with E-state index in [1.807, 2.05) is 13.8 Å². The molecular weight excluding hydrogens is 218 g/mol. The minimum absolute atomic E-state index is 0.426. The molecular formula is C13H19NO3. The Morgan fingerprint density at radius 2 is 2.12 bits per heavy atom. The highest BCUT2D eigenvalue weighted by molar-refractivity contribution is 5.89. The second-order valence-electron chi connectivity index (χ2n) is 4.76. The zero-order valence-electron chi connectivity index (χ0n) is 10.4. The molecule has 0 amide bonds. The average molecular weight is 237 g/mol. The number of carboxylic acids is 1. The first-order valence-corrected chi connectivity index (χ1v) is 6.07. The van der Waals surface area contributed by atoms with Gasteiger partial charge < -0.3 is 14.4 Å². The van der Waals surface area contributed by atoms with E-state index in [-0.39, 0.29) is 0 Å². The van der Waals surface area contributed by atoms with Crippen LogP contribution in [0.15, 0.2) is 6.07 Å². The standard InChI is InChI=1S/C13H19NO3/c1-9-7-12(13(15)16)10(2)14(9)8-11-3-5-17-6-4-11/h7,11H,3-6,8H2,1-2H3,(H,15,16). The predicted molar refractivity (Wildman–Crippen MR) is 64.4 cm³/mol. The van der Waals surface area contributed by atoms with Crippen LogP contribution in [0.25, 0.3) is 0 Å². The van der Waals surface area contributed by atoms with Gasteiger partial charge in [-0.3, -0.25) is 0 Å². The summed E-state index contributed by atoms with van der Waals surface area (Å²) < 4.78 is 7.46. The zero-order valence-corrected chi connectivity index (χ0v) is 10.4. The molecule has 94 valence electrons. The Hall–Kier alpha value is -1.29. The van der Waals surface area contributed by atoms with E-state index in [2.05, 4.69) is 4.57 Å². The number of carbonyl (C=O) groups is 1. The number of aromatic nitrogens is 1. The summed E-state index contributed by atoms with van der Waals surface area (Å²) in [6.45, 7) is 6.43. The summed E-state index contributed by atoms with van der Waals surface area (Å²) >= 11 is 0. The van der Waals surface area contributed by atoms with Crippen molar-refractivity contribution >= 4 is 5.97 Å². The molecule has 1 fully saturated rings. The Bertz CT molecular complexity index is 417. The smallest absolute Gasteiger partial charge is 0.337 e. The number of rotatable bonds is 3. The molecule has 1 N–H and O–H groups in total. The Morgan fingerprint density at radius 3 is 2.65 bits per heavy atom. The Morgan fingerprint density at radius 1 is 1.47 bits per heavy atom. The van der Waals surface area contributed by atoms with Gasteiger partial charge in [-0.15, -0.1) is 0 Å². The lowest BCUT2D eigenvalue weighted by molar-refractivity contribution is 0.0607. The van der Waals surface area contributed by atoms with Crippen molar-refractivity contribution in [3.05, 3.63) is 23.0 Å². The molecule has 1 saturated heterocycles. The van der Waals surface area contributed by atoms with Gasteiger partial charge in [0.1, 0.15) is 0 Å². The van der Waals surface area contributed by atoms with Gasteiger partial charge in [0, 0.05) is 31.1 Å². The van der Waals surface area contributed by atoms with Gasteiger partial charge >= 0.3 is 5.97 Å². The minimum Gasteiger partial charge on any atom is -0.478 e. The van der Waals surface area contributed by atoms with Crippen LogP contribution in [-0.4, -0.2) is 28.9 Å². The van der Waals surface area contributed by atoms with E-state index < -0.39 is 5.97 Å². The van der Waals surface area contributed by atoms with Gasteiger partial charge in [0.25, 0.3) is 0 Å². The predicted octanol–water partition coefficient (Wildman–Crippen LogP) is 2.23. The van der Waals surface area contributed by atoms with E-state index in [1.54, 1.807) is 6.07 Å². The van der Waals surface area contributed by atoms with Crippen molar-refractivity contribution in [3.8, 4) is 0 Å². The number of nitrogens with zero attached hydrogens (tertiary/aromatic N) is 1. The third kappa shape index (κ3) is 2.52.